The van der Waals surface area contributed by atoms with Crippen LogP contribution in [-0.2, 0) is 37.8 Å². The Kier molecular flexibility index (Phi) is 8.51. The van der Waals surface area contributed by atoms with Crippen LogP contribution in [0.3, 0.4) is 0 Å². The molecule has 0 saturated carbocycles. The van der Waals surface area contributed by atoms with Gasteiger partial charge in [-0.3, -0.25) is 0 Å². The summed E-state index contributed by atoms with van der Waals surface area (Å²) in [6.07, 6.45) is 0. The Morgan fingerprint density at radius 2 is 1.14 bits per heavy atom. The molecule has 0 aliphatic carbocycles. The van der Waals surface area contributed by atoms with Crippen molar-refractivity contribution in [3.8, 4) is 0 Å². The number of hydrogen-bond donors (Lipinski definition) is 0. The molecule has 0 saturated heterocycles. The van der Waals surface area contributed by atoms with Crippen LogP contribution < -0.4 is 0 Å². The summed E-state index contributed by atoms with van der Waals surface area (Å²) in [6, 6.07) is 0. The molecule has 8 nitrogen and oxygen atoms in total. The van der Waals surface area contributed by atoms with Gasteiger partial charge in [-0.05, 0) is 13.8 Å². The number of ether oxygens (including phenoxy) is 2. The van der Waals surface area contributed by atoms with E-state index in [9.17, 15) is 18.0 Å². The van der Waals surface area contributed by atoms with Crippen LogP contribution in [-0.4, -0.2) is 46.8 Å². The summed E-state index contributed by atoms with van der Waals surface area (Å²) in [6.45, 7) is 8.29. The van der Waals surface area contributed by atoms with Crippen LogP contribution in [0.15, 0.2) is 24.3 Å². The zero-order valence-corrected chi connectivity index (χ0v) is 12.7. The Morgan fingerprint density at radius 3 is 1.43 bits per heavy atom. The number of esters is 2. The summed E-state index contributed by atoms with van der Waals surface area (Å²) in [4.78, 5) is 22.0. The number of rotatable bonds is 10. The van der Waals surface area contributed by atoms with E-state index < -0.39 is 35.6 Å². The largest absolute Gasteiger partial charge is 0.460 e. The van der Waals surface area contributed by atoms with E-state index in [1.54, 1.807) is 0 Å². The third-order valence-electron chi connectivity index (χ3n) is 1.79. The minimum atomic E-state index is -4.25. The van der Waals surface area contributed by atoms with Crippen molar-refractivity contribution in [1.82, 2.24) is 0 Å². The molecule has 0 fully saturated rings. The Labute approximate surface area is 123 Å². The van der Waals surface area contributed by atoms with Crippen molar-refractivity contribution in [2.45, 2.75) is 13.8 Å². The molecule has 0 radical (unpaired) electrons. The van der Waals surface area contributed by atoms with Gasteiger partial charge in [-0.25, -0.2) is 18.0 Å². The third-order valence-corrected chi connectivity index (χ3v) is 2.70. The Hall–Kier alpha value is -1.71. The minimum absolute atomic E-state index is 0.188. The second-order valence-electron chi connectivity index (χ2n) is 3.88. The maximum atomic E-state index is 11.2. The Bertz CT molecular complexity index is 465. The molecule has 9 heteroatoms. The molecule has 0 rings (SSSR count). The molecule has 0 bridgehead atoms. The molecular weight excluding hydrogens is 304 g/mol. The Balaban J connectivity index is 3.84. The van der Waals surface area contributed by atoms with E-state index in [0.717, 1.165) is 0 Å². The molecule has 0 amide bonds. The fourth-order valence-corrected chi connectivity index (χ4v) is 1.43. The minimum Gasteiger partial charge on any atom is -0.460 e. The summed E-state index contributed by atoms with van der Waals surface area (Å²) in [5.41, 5.74) is 0.377. The molecule has 0 aliphatic rings. The SMILES string of the molecule is C=C(C)C(=O)OCCOS(=O)(=O)OCCOC(=O)C(=C)C. The lowest BCUT2D eigenvalue weighted by Gasteiger charge is -2.07. The highest BCUT2D eigenvalue weighted by Crippen LogP contribution is 1.98. The highest BCUT2D eigenvalue weighted by molar-refractivity contribution is 7.81. The summed E-state index contributed by atoms with van der Waals surface area (Å²) in [7, 11) is -4.25. The lowest BCUT2D eigenvalue weighted by molar-refractivity contribution is -0.140. The van der Waals surface area contributed by atoms with Crippen molar-refractivity contribution in [2.75, 3.05) is 26.4 Å². The van der Waals surface area contributed by atoms with Crippen LogP contribution in [0.5, 0.6) is 0 Å². The fraction of sp³-hybridized carbons (Fsp3) is 0.500. The van der Waals surface area contributed by atoms with Gasteiger partial charge < -0.3 is 9.47 Å². The van der Waals surface area contributed by atoms with Crippen molar-refractivity contribution in [1.29, 1.82) is 0 Å². The first-order valence-electron chi connectivity index (χ1n) is 5.84. The Morgan fingerprint density at radius 1 is 0.810 bits per heavy atom. The monoisotopic (exact) mass is 322 g/mol. The molecule has 0 unspecified atom stereocenters. The first-order valence-corrected chi connectivity index (χ1v) is 7.18. The quantitative estimate of drug-likeness (QED) is 0.325. The molecule has 0 aromatic rings. The highest BCUT2D eigenvalue weighted by Gasteiger charge is 2.13. The predicted molar refractivity (Wildman–Crippen MR) is 72.4 cm³/mol. The van der Waals surface area contributed by atoms with E-state index in [1.807, 2.05) is 0 Å². The predicted octanol–water partition coefficient (Wildman–Crippen LogP) is 0.503. The number of carbonyl (C=O) groups is 2. The van der Waals surface area contributed by atoms with Crippen LogP contribution >= 0.6 is 0 Å². The molecule has 0 N–H and O–H groups in total. The van der Waals surface area contributed by atoms with E-state index in [-0.39, 0.29) is 24.4 Å². The van der Waals surface area contributed by atoms with Crippen molar-refractivity contribution in [3.63, 3.8) is 0 Å². The molecule has 0 heterocycles. The van der Waals surface area contributed by atoms with E-state index in [1.165, 1.54) is 13.8 Å². The van der Waals surface area contributed by atoms with Gasteiger partial charge >= 0.3 is 22.3 Å². The van der Waals surface area contributed by atoms with Crippen LogP contribution in [0.1, 0.15) is 13.8 Å². The summed E-state index contributed by atoms with van der Waals surface area (Å²) in [5.74, 6) is -1.30. The number of hydrogen-bond acceptors (Lipinski definition) is 8. The van der Waals surface area contributed by atoms with Gasteiger partial charge in [0.25, 0.3) is 0 Å². The lowest BCUT2D eigenvalue weighted by atomic mass is 10.4. The van der Waals surface area contributed by atoms with E-state index in [2.05, 4.69) is 31.0 Å². The zero-order chi connectivity index (χ0) is 16.5. The molecule has 0 spiro atoms. The maximum absolute atomic E-state index is 11.2. The molecular formula is C12H18O8S. The molecule has 21 heavy (non-hydrogen) atoms. The van der Waals surface area contributed by atoms with Gasteiger partial charge in [0.2, 0.25) is 0 Å². The van der Waals surface area contributed by atoms with Gasteiger partial charge in [-0.2, -0.15) is 8.42 Å². The lowest BCUT2D eigenvalue weighted by Crippen LogP contribution is -2.19. The second-order valence-corrected chi connectivity index (χ2v) is 5.17. The average Bonchev–Trinajstić information content (AvgIpc) is 2.38. The molecule has 0 atom stereocenters. The van der Waals surface area contributed by atoms with E-state index >= 15 is 0 Å². The first kappa shape index (κ1) is 19.3. The van der Waals surface area contributed by atoms with Crippen molar-refractivity contribution < 1.29 is 35.8 Å². The van der Waals surface area contributed by atoms with Crippen molar-refractivity contribution in [3.05, 3.63) is 24.3 Å². The van der Waals surface area contributed by atoms with Crippen LogP contribution in [0.2, 0.25) is 0 Å². The summed E-state index contributed by atoms with van der Waals surface area (Å²) >= 11 is 0. The van der Waals surface area contributed by atoms with Crippen molar-refractivity contribution >= 4 is 22.3 Å². The van der Waals surface area contributed by atoms with E-state index in [4.69, 9.17) is 0 Å². The molecule has 120 valence electrons. The average molecular weight is 322 g/mol. The van der Waals surface area contributed by atoms with Gasteiger partial charge in [0.05, 0.1) is 0 Å². The van der Waals surface area contributed by atoms with Gasteiger partial charge in [-0.1, -0.05) is 13.2 Å². The smallest absolute Gasteiger partial charge is 0.400 e. The summed E-state index contributed by atoms with van der Waals surface area (Å²) < 4.78 is 40.5. The molecule has 0 aromatic carbocycles. The van der Waals surface area contributed by atoms with E-state index in [0.29, 0.717) is 0 Å². The van der Waals surface area contributed by atoms with Gasteiger partial charge in [0.1, 0.15) is 26.4 Å². The standard InChI is InChI=1S/C12H18O8S/c1-9(2)11(13)17-5-7-19-21(15,16)20-8-6-18-12(14)10(3)4/h1,3,5-8H2,2,4H3. The fourth-order valence-electron chi connectivity index (χ4n) is 0.821. The topological polar surface area (TPSA) is 105 Å². The molecule has 0 aliphatic heterocycles. The van der Waals surface area contributed by atoms with Gasteiger partial charge in [0.15, 0.2) is 0 Å². The van der Waals surface area contributed by atoms with Crippen LogP contribution in [0.4, 0.5) is 0 Å². The zero-order valence-electron chi connectivity index (χ0n) is 11.9. The van der Waals surface area contributed by atoms with Crippen molar-refractivity contribution in [2.24, 2.45) is 0 Å². The third kappa shape index (κ3) is 9.77. The summed E-state index contributed by atoms with van der Waals surface area (Å²) in [5, 5.41) is 0. The maximum Gasteiger partial charge on any atom is 0.400 e. The van der Waals surface area contributed by atoms with Crippen LogP contribution in [0, 0.1) is 0 Å². The van der Waals surface area contributed by atoms with Gasteiger partial charge in [0, 0.05) is 11.1 Å². The first-order chi connectivity index (χ1) is 9.65. The number of carbonyl (C=O) groups excluding carboxylic acids is 2. The second kappa shape index (κ2) is 9.27. The normalized spacial score (nSPS) is 10.8. The van der Waals surface area contributed by atoms with Gasteiger partial charge in [-0.15, -0.1) is 0 Å². The molecule has 0 aromatic heterocycles. The van der Waals surface area contributed by atoms with Crippen LogP contribution in [0.25, 0.3) is 0 Å². The highest BCUT2D eigenvalue weighted by atomic mass is 32.3.